The van der Waals surface area contributed by atoms with Crippen molar-refractivity contribution < 1.29 is 9.31 Å². The van der Waals surface area contributed by atoms with Crippen molar-refractivity contribution in [2.45, 2.75) is 58.3 Å². The molecule has 1 fully saturated rings. The maximum absolute atomic E-state index is 6.23. The molecule has 5 heterocycles. The lowest BCUT2D eigenvalue weighted by Gasteiger charge is -2.32. The molecule has 0 atom stereocenters. The number of nitrogens with zero attached hydrogens (tertiary/aromatic N) is 4. The smallest absolute Gasteiger partial charge is 0.399 e. The molecule has 39 heavy (non-hydrogen) atoms. The van der Waals surface area contributed by atoms with Crippen LogP contribution in [0.3, 0.4) is 0 Å². The molecule has 3 aromatic heterocycles. The fraction of sp³-hybridized carbons (Fsp3) is 0.281. The molecule has 2 aromatic carbocycles. The number of aryl methyl sites for hydroxylation is 1. The highest BCUT2D eigenvalue weighted by molar-refractivity contribution is 6.62. The lowest BCUT2D eigenvalue weighted by Crippen LogP contribution is -2.41. The average Bonchev–Trinajstić information content (AvgIpc) is 3.60. The van der Waals surface area contributed by atoms with E-state index in [0.717, 1.165) is 63.8 Å². The summed E-state index contributed by atoms with van der Waals surface area (Å²) in [5.41, 5.74) is 8.99. The van der Waals surface area contributed by atoms with E-state index in [4.69, 9.17) is 19.4 Å². The summed E-state index contributed by atoms with van der Waals surface area (Å²) in [6.07, 6.45) is 5.88. The Morgan fingerprint density at radius 1 is 0.821 bits per heavy atom. The van der Waals surface area contributed by atoms with Crippen LogP contribution in [0.1, 0.15) is 39.8 Å². The number of pyridine rings is 2. The van der Waals surface area contributed by atoms with Gasteiger partial charge in [0, 0.05) is 35.6 Å². The average molecular weight is 514 g/mol. The molecular weight excluding hydrogens is 483 g/mol. The van der Waals surface area contributed by atoms with Crippen LogP contribution < -0.4 is 5.46 Å². The maximum atomic E-state index is 6.23. The summed E-state index contributed by atoms with van der Waals surface area (Å²) >= 11 is 0. The molecule has 0 spiro atoms. The van der Waals surface area contributed by atoms with E-state index in [1.165, 1.54) is 11.3 Å². The first-order valence-electron chi connectivity index (χ1n) is 13.7. The Labute approximate surface area is 229 Å². The summed E-state index contributed by atoms with van der Waals surface area (Å²) in [6.45, 7) is 9.26. The van der Waals surface area contributed by atoms with Gasteiger partial charge in [0.2, 0.25) is 0 Å². The summed E-state index contributed by atoms with van der Waals surface area (Å²) in [5.74, 6) is 0. The van der Waals surface area contributed by atoms with E-state index in [0.29, 0.717) is 0 Å². The Morgan fingerprint density at radius 3 is 2.33 bits per heavy atom. The molecule has 0 aliphatic carbocycles. The zero-order valence-electron chi connectivity index (χ0n) is 22.8. The molecule has 0 bridgehead atoms. The third kappa shape index (κ3) is 3.99. The first-order valence-corrected chi connectivity index (χ1v) is 13.7. The van der Waals surface area contributed by atoms with Crippen LogP contribution in [0.15, 0.2) is 79.1 Å². The van der Waals surface area contributed by atoms with Gasteiger partial charge in [-0.2, -0.15) is 5.10 Å². The molecule has 7 rings (SSSR count). The van der Waals surface area contributed by atoms with Crippen molar-refractivity contribution in [1.29, 1.82) is 0 Å². The lowest BCUT2D eigenvalue weighted by atomic mass is 9.78. The van der Waals surface area contributed by atoms with Gasteiger partial charge in [0.15, 0.2) is 0 Å². The minimum Gasteiger partial charge on any atom is -0.399 e. The van der Waals surface area contributed by atoms with E-state index in [1.54, 1.807) is 0 Å². The first-order chi connectivity index (χ1) is 18.8. The molecule has 0 saturated carbocycles. The van der Waals surface area contributed by atoms with Crippen LogP contribution in [-0.4, -0.2) is 38.1 Å². The maximum Gasteiger partial charge on any atom is 0.494 e. The third-order valence-corrected chi connectivity index (χ3v) is 8.53. The Hall–Kier alpha value is -3.81. The van der Waals surface area contributed by atoms with Gasteiger partial charge in [-0.15, -0.1) is 0 Å². The van der Waals surface area contributed by atoms with Crippen LogP contribution in [0.5, 0.6) is 0 Å². The van der Waals surface area contributed by atoms with Crippen molar-refractivity contribution in [3.05, 3.63) is 84.8 Å². The normalized spacial score (nSPS) is 17.6. The Balaban J connectivity index is 1.25. The largest absolute Gasteiger partial charge is 0.494 e. The highest BCUT2D eigenvalue weighted by Crippen LogP contribution is 2.40. The highest BCUT2D eigenvalue weighted by Gasteiger charge is 2.51. The topological polar surface area (TPSA) is 62.1 Å². The molecule has 7 heteroatoms. The van der Waals surface area contributed by atoms with Crippen LogP contribution >= 0.6 is 0 Å². The summed E-state index contributed by atoms with van der Waals surface area (Å²) < 4.78 is 14.6. The van der Waals surface area contributed by atoms with Crippen LogP contribution in [0.2, 0.25) is 0 Å². The Morgan fingerprint density at radius 2 is 1.59 bits per heavy atom. The third-order valence-electron chi connectivity index (χ3n) is 8.53. The zero-order chi connectivity index (χ0) is 26.8. The van der Waals surface area contributed by atoms with Crippen molar-refractivity contribution in [2.24, 2.45) is 0 Å². The second kappa shape index (κ2) is 8.86. The van der Waals surface area contributed by atoms with E-state index in [9.17, 15) is 0 Å². The molecule has 0 radical (unpaired) electrons. The molecule has 194 valence electrons. The predicted molar refractivity (Wildman–Crippen MR) is 156 cm³/mol. The summed E-state index contributed by atoms with van der Waals surface area (Å²) in [7, 11) is -0.365. The zero-order valence-corrected chi connectivity index (χ0v) is 22.8. The number of hydrogen-bond acceptors (Lipinski definition) is 5. The molecule has 6 nitrogen and oxygen atoms in total. The quantitative estimate of drug-likeness (QED) is 0.273. The second-order valence-corrected chi connectivity index (χ2v) is 11.5. The fourth-order valence-corrected chi connectivity index (χ4v) is 5.65. The summed E-state index contributed by atoms with van der Waals surface area (Å²) in [4.78, 5) is 9.39. The molecule has 2 aliphatic rings. The molecule has 0 unspecified atom stereocenters. The summed E-state index contributed by atoms with van der Waals surface area (Å²) in [6, 6.07) is 23.1. The Kier molecular flexibility index (Phi) is 5.51. The minimum atomic E-state index is -0.365. The van der Waals surface area contributed by atoms with Crippen LogP contribution in [0, 0.1) is 0 Å². The van der Waals surface area contributed by atoms with Crippen LogP contribution in [0.4, 0.5) is 0 Å². The van der Waals surface area contributed by atoms with E-state index in [-0.39, 0.29) is 18.3 Å². The second-order valence-electron chi connectivity index (χ2n) is 11.5. The monoisotopic (exact) mass is 514 g/mol. The van der Waals surface area contributed by atoms with Gasteiger partial charge in [-0.25, -0.2) is 0 Å². The van der Waals surface area contributed by atoms with Crippen molar-refractivity contribution in [3.8, 4) is 33.6 Å². The molecular formula is C32H31BN4O2. The van der Waals surface area contributed by atoms with Crippen molar-refractivity contribution in [3.63, 3.8) is 0 Å². The number of benzene rings is 2. The minimum absolute atomic E-state index is 0.357. The lowest BCUT2D eigenvalue weighted by molar-refractivity contribution is 0.00578. The standard InChI is InChI=1S/C32H31BN4O2/c1-31(2)32(3,4)39-33(38-31)23-13-10-21(11-14-23)22-12-15-24-25(16-18-35-27(24)20-22)29-28-9-7-19-37(28)36-30(29)26-8-5-6-17-34-26/h5-6,8,10-18,20H,7,9,19H2,1-4H3. The number of rotatable bonds is 4. The van der Waals surface area contributed by atoms with Gasteiger partial charge < -0.3 is 9.31 Å². The van der Waals surface area contributed by atoms with Gasteiger partial charge in [0.1, 0.15) is 5.69 Å². The van der Waals surface area contributed by atoms with Gasteiger partial charge in [-0.05, 0) is 87.0 Å². The SMILES string of the molecule is CC1(C)OB(c2ccc(-c3ccc4c(-c5c(-c6ccccn6)nn6c5CCC6)ccnc4c3)cc2)OC1(C)C. The van der Waals surface area contributed by atoms with Gasteiger partial charge in [-0.3, -0.25) is 14.6 Å². The van der Waals surface area contributed by atoms with Gasteiger partial charge in [0.05, 0.1) is 22.4 Å². The highest BCUT2D eigenvalue weighted by atomic mass is 16.7. The van der Waals surface area contributed by atoms with E-state index >= 15 is 0 Å². The molecule has 0 amide bonds. The van der Waals surface area contributed by atoms with Crippen molar-refractivity contribution in [1.82, 2.24) is 19.7 Å². The van der Waals surface area contributed by atoms with Crippen molar-refractivity contribution >= 4 is 23.5 Å². The van der Waals surface area contributed by atoms with E-state index in [1.807, 2.05) is 30.6 Å². The molecule has 0 N–H and O–H groups in total. The predicted octanol–water partition coefficient (Wildman–Crippen LogP) is 6.07. The first kappa shape index (κ1) is 24.3. The van der Waals surface area contributed by atoms with Gasteiger partial charge in [0.25, 0.3) is 0 Å². The van der Waals surface area contributed by atoms with Crippen LogP contribution in [-0.2, 0) is 22.3 Å². The van der Waals surface area contributed by atoms with Crippen molar-refractivity contribution in [2.75, 3.05) is 0 Å². The van der Waals surface area contributed by atoms with E-state index < -0.39 is 0 Å². The van der Waals surface area contributed by atoms with Gasteiger partial charge >= 0.3 is 7.12 Å². The van der Waals surface area contributed by atoms with E-state index in [2.05, 4.69) is 85.9 Å². The summed E-state index contributed by atoms with van der Waals surface area (Å²) in [5, 5.41) is 6.10. The number of aromatic nitrogens is 4. The van der Waals surface area contributed by atoms with Gasteiger partial charge in [-0.1, -0.05) is 42.5 Å². The fourth-order valence-electron chi connectivity index (χ4n) is 5.65. The molecule has 5 aromatic rings. The molecule has 2 aliphatic heterocycles. The van der Waals surface area contributed by atoms with Crippen LogP contribution in [0.25, 0.3) is 44.5 Å². The Bertz CT molecular complexity index is 1680. The number of hydrogen-bond donors (Lipinski definition) is 0. The number of fused-ring (bicyclic) bond motifs is 2. The molecule has 1 saturated heterocycles.